The first-order chi connectivity index (χ1) is 40.7. The minimum Gasteiger partial charge on any atom is -0.310 e. The van der Waals surface area contributed by atoms with E-state index in [1.807, 2.05) is 134 Å². The summed E-state index contributed by atoms with van der Waals surface area (Å²) < 4.78 is 149. The summed E-state index contributed by atoms with van der Waals surface area (Å²) >= 11 is 0. The first-order valence-electron chi connectivity index (χ1n) is 30.2. The molecular weight excluding hydrogens is 852 g/mol. The summed E-state index contributed by atoms with van der Waals surface area (Å²) in [5, 5.41) is 8.42. The molecule has 0 aliphatic heterocycles. The molecule has 13 aromatic carbocycles. The molecule has 0 radical (unpaired) electrons. The lowest BCUT2D eigenvalue weighted by Gasteiger charge is -2.31. The second kappa shape index (κ2) is 16.9. The maximum absolute atomic E-state index is 18.5. The van der Waals surface area contributed by atoms with Crippen LogP contribution in [0.4, 0.5) is 38.5 Å². The van der Waals surface area contributed by atoms with Crippen LogP contribution in [0.15, 0.2) is 254 Å². The Hall–Kier alpha value is -9.05. The summed E-state index contributed by atoms with van der Waals surface area (Å²) in [6, 6.07) is 42.5. The predicted octanol–water partition coefficient (Wildman–Crippen LogP) is 19.3. The van der Waals surface area contributed by atoms with Crippen molar-refractivity contribution in [1.29, 1.82) is 0 Å². The van der Waals surface area contributed by atoms with Crippen LogP contribution in [0.25, 0.3) is 87.2 Å². The Kier molecular flexibility index (Phi) is 6.85. The van der Waals surface area contributed by atoms with E-state index in [4.69, 9.17) is 17.8 Å². The second-order valence-corrected chi connectivity index (χ2v) is 17.2. The topological polar surface area (TPSA) is 6.48 Å². The molecule has 0 aliphatic rings. The van der Waals surface area contributed by atoms with E-state index in [0.29, 0.717) is 22.3 Å². The average Bonchev–Trinajstić information content (AvgIpc) is 0.929. The third-order valence-corrected chi connectivity index (χ3v) is 13.2. The highest BCUT2D eigenvalue weighted by atomic mass is 19.1. The molecule has 13 rings (SSSR count). The van der Waals surface area contributed by atoms with E-state index in [1.54, 1.807) is 17.0 Å². The van der Waals surface area contributed by atoms with Gasteiger partial charge in [0.1, 0.15) is 5.82 Å². The number of fused-ring (bicyclic) bond motifs is 2. The molecule has 0 fully saturated rings. The maximum Gasteiger partial charge on any atom is 0.148 e. The van der Waals surface area contributed by atoms with Gasteiger partial charge in [-0.15, -0.1) is 0 Å². The molecule has 3 heteroatoms. The summed E-state index contributed by atoms with van der Waals surface area (Å²) in [6.45, 7) is 1.92. The standard InChI is InChI=1S/C67H45FN2/c1-44-39-54(45-15-5-2-6-16-45)31-36-62(44)69(56-32-25-47-19-11-13-23-52(47)40-56)63-37-29-50-28-35-59-64(38-30-51-27-34-58(63)65(50)66(51)59)70(57-33-26-48-20-12-14-24-53(48)41-57)67-60(49-21-9-4-10-22-49)42-55(43-61(67)68)46-17-7-3-8-18-46/h2-43H,1H3/i2D,3D,4D,5D,6D,7D,8D,9D,10D,15D,16D,17D,18D,21D,22D. The largest absolute Gasteiger partial charge is 0.310 e. The van der Waals surface area contributed by atoms with Gasteiger partial charge in [0.2, 0.25) is 0 Å². The Morgan fingerprint density at radius 2 is 0.814 bits per heavy atom. The lowest BCUT2D eigenvalue weighted by Crippen LogP contribution is -2.14. The van der Waals surface area contributed by atoms with Gasteiger partial charge in [-0.3, -0.25) is 0 Å². The molecule has 0 aromatic heterocycles. The molecule has 0 atom stereocenters. The number of rotatable bonds is 9. The smallest absolute Gasteiger partial charge is 0.148 e. The Morgan fingerprint density at radius 1 is 0.357 bits per heavy atom. The van der Waals surface area contributed by atoms with Crippen LogP contribution in [0.3, 0.4) is 0 Å². The van der Waals surface area contributed by atoms with Gasteiger partial charge < -0.3 is 9.80 Å². The number of benzene rings is 13. The number of nitrogens with zero attached hydrogens (tertiary/aromatic N) is 2. The Balaban J connectivity index is 1.10. The first kappa shape index (κ1) is 28.3. The third-order valence-electron chi connectivity index (χ3n) is 13.2. The highest BCUT2D eigenvalue weighted by molar-refractivity contribution is 6.28. The summed E-state index contributed by atoms with van der Waals surface area (Å²) in [6.07, 6.45) is 0. The minimum absolute atomic E-state index is 0.0828. The third kappa shape index (κ3) is 7.02. The molecule has 330 valence electrons. The Morgan fingerprint density at radius 3 is 1.37 bits per heavy atom. The molecule has 0 bridgehead atoms. The van der Waals surface area contributed by atoms with E-state index in [2.05, 4.69) is 17.0 Å². The van der Waals surface area contributed by atoms with E-state index in [0.717, 1.165) is 77.2 Å². The van der Waals surface area contributed by atoms with Crippen LogP contribution in [-0.4, -0.2) is 0 Å². The summed E-state index contributed by atoms with van der Waals surface area (Å²) in [7, 11) is 0. The van der Waals surface area contributed by atoms with Crippen molar-refractivity contribution in [2.45, 2.75) is 6.92 Å². The molecule has 0 amide bonds. The zero-order valence-corrected chi connectivity index (χ0v) is 37.4. The maximum atomic E-state index is 18.5. The van der Waals surface area contributed by atoms with E-state index in [1.165, 1.54) is 6.07 Å². The van der Waals surface area contributed by atoms with Gasteiger partial charge in [-0.05, 0) is 144 Å². The van der Waals surface area contributed by atoms with Crippen molar-refractivity contribution in [2.24, 2.45) is 0 Å². The normalized spacial score (nSPS) is 14.6. The average molecular weight is 912 g/mol. The van der Waals surface area contributed by atoms with Gasteiger partial charge in [-0.2, -0.15) is 0 Å². The van der Waals surface area contributed by atoms with E-state index in [9.17, 15) is 2.74 Å². The fraction of sp³-hybridized carbons (Fsp3) is 0.0149. The molecule has 13 aromatic rings. The van der Waals surface area contributed by atoms with Crippen LogP contribution in [0.1, 0.15) is 26.1 Å². The fourth-order valence-electron chi connectivity index (χ4n) is 9.98. The van der Waals surface area contributed by atoms with Gasteiger partial charge in [-0.25, -0.2) is 4.39 Å². The monoisotopic (exact) mass is 911 g/mol. The SMILES string of the molecule is [2H]c1c([2H])c([2H])c(-c2ccc(N(c3ccc4ccccc4c3)c3ccc4ccc5c(N(c6ccc7ccccc7c6)c6c(F)cc(-c7c([2H])c([2H])c([2H])c([2H])c7[2H])cc6-c6c([2H])c([2H])c([2H])c([2H])c6[2H])ccc6ccc3c4c65)c(C)c2)c([2H])c1[2H]. The van der Waals surface area contributed by atoms with Crippen LogP contribution in [-0.2, 0) is 0 Å². The Labute approximate surface area is 427 Å². The van der Waals surface area contributed by atoms with Crippen molar-refractivity contribution in [3.05, 3.63) is 266 Å². The second-order valence-electron chi connectivity index (χ2n) is 17.2. The highest BCUT2D eigenvalue weighted by Crippen LogP contribution is 2.51. The summed E-state index contributed by atoms with van der Waals surface area (Å²) in [4.78, 5) is 3.79. The molecule has 70 heavy (non-hydrogen) atoms. The van der Waals surface area contributed by atoms with E-state index in [-0.39, 0.29) is 45.6 Å². The van der Waals surface area contributed by atoms with Crippen molar-refractivity contribution >= 4 is 88.0 Å². The molecule has 0 aliphatic carbocycles. The molecule has 0 N–H and O–H groups in total. The molecule has 0 unspecified atom stereocenters. The minimum atomic E-state index is -0.994. The number of halogens is 1. The van der Waals surface area contributed by atoms with Crippen molar-refractivity contribution in [3.8, 4) is 33.4 Å². The van der Waals surface area contributed by atoms with Crippen LogP contribution in [0.2, 0.25) is 0 Å². The number of hydrogen-bond acceptors (Lipinski definition) is 2. The molecule has 2 nitrogen and oxygen atoms in total. The Bertz CT molecular complexity index is 4940. The lowest BCUT2D eigenvalue weighted by molar-refractivity contribution is 0.630. The predicted molar refractivity (Wildman–Crippen MR) is 296 cm³/mol. The van der Waals surface area contributed by atoms with E-state index < -0.39 is 84.4 Å². The van der Waals surface area contributed by atoms with Gasteiger partial charge in [0.15, 0.2) is 0 Å². The summed E-state index contributed by atoms with van der Waals surface area (Å²) in [5.74, 6) is -0.994. The van der Waals surface area contributed by atoms with Crippen LogP contribution < -0.4 is 9.80 Å². The molecule has 0 saturated carbocycles. The molecule has 0 spiro atoms. The number of aryl methyl sites for hydroxylation is 1. The number of anilines is 6. The highest BCUT2D eigenvalue weighted by Gasteiger charge is 2.27. The van der Waals surface area contributed by atoms with Crippen molar-refractivity contribution in [2.75, 3.05) is 9.80 Å². The zero-order chi connectivity index (χ0) is 59.8. The van der Waals surface area contributed by atoms with Crippen molar-refractivity contribution in [1.82, 2.24) is 0 Å². The van der Waals surface area contributed by atoms with Gasteiger partial charge >= 0.3 is 0 Å². The van der Waals surface area contributed by atoms with Gasteiger partial charge in [0.05, 0.1) is 37.6 Å². The van der Waals surface area contributed by atoms with Gasteiger partial charge in [-0.1, -0.05) is 194 Å². The van der Waals surface area contributed by atoms with Crippen LogP contribution in [0.5, 0.6) is 0 Å². The van der Waals surface area contributed by atoms with Gasteiger partial charge in [0.25, 0.3) is 0 Å². The van der Waals surface area contributed by atoms with Crippen molar-refractivity contribution in [3.63, 3.8) is 0 Å². The van der Waals surface area contributed by atoms with Crippen LogP contribution in [0, 0.1) is 12.7 Å². The van der Waals surface area contributed by atoms with Crippen LogP contribution >= 0.6 is 0 Å². The van der Waals surface area contributed by atoms with E-state index >= 15 is 4.39 Å². The molecule has 0 heterocycles. The lowest BCUT2D eigenvalue weighted by atomic mass is 9.91. The summed E-state index contributed by atoms with van der Waals surface area (Å²) in [5.41, 5.74) is 3.07. The number of hydrogen-bond donors (Lipinski definition) is 0. The zero-order valence-electron chi connectivity index (χ0n) is 52.4. The molecule has 0 saturated heterocycles. The quantitative estimate of drug-likeness (QED) is 0.133. The fourth-order valence-corrected chi connectivity index (χ4v) is 9.98. The van der Waals surface area contributed by atoms with Crippen molar-refractivity contribution < 1.29 is 25.0 Å². The van der Waals surface area contributed by atoms with Gasteiger partial charge in [0, 0.05) is 33.4 Å². The first-order valence-corrected chi connectivity index (χ1v) is 22.7. The molecular formula is C67H45FN2.